The van der Waals surface area contributed by atoms with Gasteiger partial charge in [0.05, 0.1) is 0 Å². The molecule has 0 amide bonds. The van der Waals surface area contributed by atoms with E-state index in [0.29, 0.717) is 17.2 Å². The van der Waals surface area contributed by atoms with Crippen LogP contribution in [0, 0.1) is 11.6 Å². The van der Waals surface area contributed by atoms with E-state index in [4.69, 9.17) is 0 Å². The zero-order valence-corrected chi connectivity index (χ0v) is 15.4. The second-order valence-electron chi connectivity index (χ2n) is 6.84. The average molecular weight is 372 g/mol. The van der Waals surface area contributed by atoms with Crippen LogP contribution < -0.4 is 0 Å². The fourth-order valence-electron chi connectivity index (χ4n) is 3.58. The quantitative estimate of drug-likeness (QED) is 0.660. The third kappa shape index (κ3) is 3.94. The van der Waals surface area contributed by atoms with Crippen LogP contribution in [-0.2, 0) is 6.42 Å². The number of nitrogens with zero attached hydrogens (tertiary/aromatic N) is 1. The molecule has 1 fully saturated rings. The largest absolute Gasteiger partial charge is 0.360 e. The number of nitrogens with one attached hydrogen (secondary N) is 1. The Kier molecular flexibility index (Phi) is 5.27. The van der Waals surface area contributed by atoms with Gasteiger partial charge in [0.25, 0.3) is 0 Å². The lowest BCUT2D eigenvalue weighted by Gasteiger charge is -2.31. The number of hydrogen-bond donors (Lipinski definition) is 1. The van der Waals surface area contributed by atoms with Gasteiger partial charge in [-0.05, 0) is 50.0 Å². The van der Waals surface area contributed by atoms with Crippen molar-refractivity contribution in [1.29, 1.82) is 0 Å². The summed E-state index contributed by atoms with van der Waals surface area (Å²) >= 11 is 1.96. The van der Waals surface area contributed by atoms with Gasteiger partial charge in [0, 0.05) is 39.9 Å². The number of rotatable bonds is 5. The minimum absolute atomic E-state index is 0.435. The first-order valence-electron chi connectivity index (χ1n) is 9.08. The van der Waals surface area contributed by atoms with E-state index in [1.165, 1.54) is 21.9 Å². The van der Waals surface area contributed by atoms with Gasteiger partial charge in [0.1, 0.15) is 11.6 Å². The van der Waals surface area contributed by atoms with E-state index in [1.54, 1.807) is 6.07 Å². The second-order valence-corrected chi connectivity index (χ2v) is 8.19. The molecule has 2 nitrogen and oxygen atoms in total. The van der Waals surface area contributed by atoms with E-state index in [9.17, 15) is 8.78 Å². The van der Waals surface area contributed by atoms with Crippen molar-refractivity contribution in [2.24, 2.45) is 0 Å². The topological polar surface area (TPSA) is 19.0 Å². The van der Waals surface area contributed by atoms with Crippen molar-refractivity contribution in [3.05, 3.63) is 65.9 Å². The van der Waals surface area contributed by atoms with Gasteiger partial charge >= 0.3 is 0 Å². The molecule has 0 atom stereocenters. The summed E-state index contributed by atoms with van der Waals surface area (Å²) in [4.78, 5) is 7.05. The van der Waals surface area contributed by atoms with Gasteiger partial charge in [-0.3, -0.25) is 0 Å². The molecule has 1 N–H and O–H groups in total. The first-order valence-corrected chi connectivity index (χ1v) is 9.96. The van der Waals surface area contributed by atoms with Crippen LogP contribution >= 0.6 is 11.8 Å². The number of aromatic nitrogens is 1. The Morgan fingerprint density at radius 1 is 1.08 bits per heavy atom. The number of H-pyrrole nitrogens is 1. The van der Waals surface area contributed by atoms with Crippen LogP contribution in [-0.4, -0.2) is 34.8 Å². The van der Waals surface area contributed by atoms with Crippen molar-refractivity contribution >= 4 is 22.7 Å². The molecule has 0 unspecified atom stereocenters. The number of benzene rings is 2. The lowest BCUT2D eigenvalue weighted by Crippen LogP contribution is -2.36. The molecule has 2 heterocycles. The van der Waals surface area contributed by atoms with E-state index >= 15 is 0 Å². The number of likely N-dealkylation sites (tertiary alicyclic amines) is 1. The summed E-state index contributed by atoms with van der Waals surface area (Å²) in [7, 11) is 0. The summed E-state index contributed by atoms with van der Waals surface area (Å²) in [5, 5.41) is 1.92. The zero-order valence-electron chi connectivity index (χ0n) is 14.6. The molecule has 4 rings (SSSR count). The maximum absolute atomic E-state index is 13.7. The van der Waals surface area contributed by atoms with Crippen LogP contribution in [0.4, 0.5) is 8.78 Å². The first-order chi connectivity index (χ1) is 12.7. The molecule has 0 aliphatic carbocycles. The fourth-order valence-corrected chi connectivity index (χ4v) is 4.81. The van der Waals surface area contributed by atoms with Gasteiger partial charge in [0.2, 0.25) is 0 Å². The van der Waals surface area contributed by atoms with Gasteiger partial charge in [-0.1, -0.05) is 24.3 Å². The highest BCUT2D eigenvalue weighted by Crippen LogP contribution is 2.35. The smallest absolute Gasteiger partial charge is 0.129 e. The molecule has 0 radical (unpaired) electrons. The highest BCUT2D eigenvalue weighted by Gasteiger charge is 2.21. The predicted octanol–water partition coefficient (Wildman–Crippen LogP) is 5.25. The van der Waals surface area contributed by atoms with Crippen LogP contribution in [0.15, 0.2) is 53.6 Å². The summed E-state index contributed by atoms with van der Waals surface area (Å²) in [6.07, 6.45) is 5.01. The molecule has 1 aromatic heterocycles. The Balaban J connectivity index is 1.29. The highest BCUT2D eigenvalue weighted by atomic mass is 32.2. The minimum atomic E-state index is -0.513. The van der Waals surface area contributed by atoms with Crippen LogP contribution in [0.5, 0.6) is 0 Å². The molecular formula is C21H22F2N2S. The lowest BCUT2D eigenvalue weighted by molar-refractivity contribution is 0.235. The van der Waals surface area contributed by atoms with Crippen molar-refractivity contribution in [1.82, 2.24) is 9.88 Å². The maximum atomic E-state index is 13.7. The summed E-state index contributed by atoms with van der Waals surface area (Å²) in [6, 6.07) is 12.3. The predicted molar refractivity (Wildman–Crippen MR) is 104 cm³/mol. The third-order valence-corrected chi connectivity index (χ3v) is 6.49. The van der Waals surface area contributed by atoms with Crippen LogP contribution in [0.1, 0.15) is 18.4 Å². The zero-order chi connectivity index (χ0) is 17.9. The molecular weight excluding hydrogens is 350 g/mol. The van der Waals surface area contributed by atoms with E-state index in [0.717, 1.165) is 38.5 Å². The highest BCUT2D eigenvalue weighted by molar-refractivity contribution is 8.00. The molecule has 0 bridgehead atoms. The first kappa shape index (κ1) is 17.6. The average Bonchev–Trinajstić information content (AvgIpc) is 3.05. The SMILES string of the molecule is Fc1ccc(CCN2CCC(Sc3c[nH]c4ccccc34)CC2)c(F)c1. The Bertz CT molecular complexity index is 885. The number of halogens is 2. The van der Waals surface area contributed by atoms with E-state index < -0.39 is 11.6 Å². The van der Waals surface area contributed by atoms with Crippen LogP contribution in [0.2, 0.25) is 0 Å². The second kappa shape index (κ2) is 7.80. The molecule has 1 saturated heterocycles. The fraction of sp³-hybridized carbons (Fsp3) is 0.333. The summed E-state index contributed by atoms with van der Waals surface area (Å²) in [5.41, 5.74) is 1.79. The monoisotopic (exact) mass is 372 g/mol. The molecule has 1 aliphatic heterocycles. The van der Waals surface area contributed by atoms with E-state index in [2.05, 4.69) is 40.3 Å². The molecule has 3 aromatic rings. The Labute approximate surface area is 156 Å². The van der Waals surface area contributed by atoms with Crippen LogP contribution in [0.3, 0.4) is 0 Å². The third-order valence-electron chi connectivity index (χ3n) is 5.09. The number of piperidine rings is 1. The van der Waals surface area contributed by atoms with Crippen molar-refractivity contribution in [2.75, 3.05) is 19.6 Å². The number of aromatic amines is 1. The van der Waals surface area contributed by atoms with Gasteiger partial charge in [0.15, 0.2) is 0 Å². The number of hydrogen-bond acceptors (Lipinski definition) is 2. The number of para-hydroxylation sites is 1. The van der Waals surface area contributed by atoms with Crippen molar-refractivity contribution in [3.8, 4) is 0 Å². The summed E-state index contributed by atoms with van der Waals surface area (Å²) in [6.45, 7) is 2.89. The van der Waals surface area contributed by atoms with E-state index in [1.807, 2.05) is 11.8 Å². The standard InChI is InChI=1S/C21H22F2N2S/c22-16-6-5-15(19(23)13-16)7-10-25-11-8-17(9-12-25)26-21-14-24-20-4-2-1-3-18(20)21/h1-6,13-14,17,24H,7-12H2. The van der Waals surface area contributed by atoms with Gasteiger partial charge in [-0.2, -0.15) is 0 Å². The van der Waals surface area contributed by atoms with Gasteiger partial charge < -0.3 is 9.88 Å². The van der Waals surface area contributed by atoms with Crippen molar-refractivity contribution in [2.45, 2.75) is 29.4 Å². The van der Waals surface area contributed by atoms with Crippen LogP contribution in [0.25, 0.3) is 10.9 Å². The maximum Gasteiger partial charge on any atom is 0.129 e. The van der Waals surface area contributed by atoms with Gasteiger partial charge in [-0.15, -0.1) is 11.8 Å². The van der Waals surface area contributed by atoms with Crippen molar-refractivity contribution < 1.29 is 8.78 Å². The minimum Gasteiger partial charge on any atom is -0.360 e. The molecule has 2 aromatic carbocycles. The Morgan fingerprint density at radius 2 is 1.88 bits per heavy atom. The molecule has 5 heteroatoms. The van der Waals surface area contributed by atoms with Gasteiger partial charge in [-0.25, -0.2) is 8.78 Å². The molecule has 1 aliphatic rings. The summed E-state index contributed by atoms with van der Waals surface area (Å²) < 4.78 is 26.7. The Hall–Kier alpha value is -1.85. The molecule has 0 spiro atoms. The normalized spacial score (nSPS) is 16.4. The number of thioether (sulfide) groups is 1. The van der Waals surface area contributed by atoms with Crippen molar-refractivity contribution in [3.63, 3.8) is 0 Å². The molecule has 0 saturated carbocycles. The Morgan fingerprint density at radius 3 is 2.69 bits per heavy atom. The molecule has 26 heavy (non-hydrogen) atoms. The summed E-state index contributed by atoms with van der Waals surface area (Å²) in [5.74, 6) is -0.948. The lowest BCUT2D eigenvalue weighted by atomic mass is 10.1. The molecule has 136 valence electrons. The number of fused-ring (bicyclic) bond motifs is 1. The van der Waals surface area contributed by atoms with E-state index in [-0.39, 0.29) is 0 Å².